The van der Waals surface area contributed by atoms with E-state index in [1.54, 1.807) is 0 Å². The van der Waals surface area contributed by atoms with Gasteiger partial charge in [0, 0.05) is 12.8 Å². The maximum Gasteiger partial charge on any atom is 1.00 e. The van der Waals surface area contributed by atoms with Crippen LogP contribution >= 0.6 is 7.82 Å². The minimum Gasteiger partial charge on any atom is -1.00 e. The zero-order chi connectivity index (χ0) is 40.0. The monoisotopic (exact) mass is 815 g/mol. The molecule has 0 aromatic carbocycles. The van der Waals surface area contributed by atoms with E-state index in [-0.39, 0.29) is 56.6 Å². The number of ether oxygens (including phenoxy) is 2. The van der Waals surface area contributed by atoms with Crippen molar-refractivity contribution in [1.29, 1.82) is 0 Å². The van der Waals surface area contributed by atoms with E-state index in [9.17, 15) is 19.0 Å². The number of quaternary nitrogens is 1. The molecule has 0 aliphatic rings. The molecule has 0 aliphatic heterocycles. The molecule has 0 aromatic rings. The van der Waals surface area contributed by atoms with Crippen LogP contribution in [0.15, 0.2) is 0 Å². The Kier molecular flexibility index (Phi) is 42.3. The van der Waals surface area contributed by atoms with Crippen LogP contribution in [0.5, 0.6) is 0 Å². The number of nitrogens with zero attached hydrogens (tertiary/aromatic N) is 1. The van der Waals surface area contributed by atoms with Crippen LogP contribution in [-0.2, 0) is 32.7 Å². The molecule has 11 heteroatoms. The van der Waals surface area contributed by atoms with Crippen LogP contribution in [-0.4, -0.2) is 74.9 Å². The van der Waals surface area contributed by atoms with Crippen LogP contribution in [0.3, 0.4) is 0 Å². The van der Waals surface area contributed by atoms with Gasteiger partial charge in [0.05, 0.1) is 27.7 Å². The zero-order valence-corrected chi connectivity index (χ0v) is 40.1. The molecule has 0 spiro atoms. The van der Waals surface area contributed by atoms with E-state index >= 15 is 0 Å². The second-order valence-corrected chi connectivity index (χ2v) is 18.3. The number of carbonyl (C=O) groups is 2. The van der Waals surface area contributed by atoms with Crippen LogP contribution in [0.25, 0.3) is 0 Å². The van der Waals surface area contributed by atoms with Crippen molar-refractivity contribution in [1.82, 2.24) is 0 Å². The molecular formula is C44H90NNaO8P+. The molecule has 0 heterocycles. The topological polar surface area (TPSA) is 108 Å². The van der Waals surface area contributed by atoms with Gasteiger partial charge in [-0.3, -0.25) is 18.6 Å². The van der Waals surface area contributed by atoms with Crippen molar-refractivity contribution in [3.8, 4) is 0 Å². The zero-order valence-electron chi connectivity index (χ0n) is 38.2. The number of esters is 2. The molecule has 2 unspecified atom stereocenters. The first-order valence-corrected chi connectivity index (χ1v) is 24.3. The fourth-order valence-corrected chi connectivity index (χ4v) is 7.29. The molecule has 0 bridgehead atoms. The van der Waals surface area contributed by atoms with Gasteiger partial charge in [-0.25, -0.2) is 4.57 Å². The summed E-state index contributed by atoms with van der Waals surface area (Å²) in [6, 6.07) is 0. The van der Waals surface area contributed by atoms with Gasteiger partial charge in [0.1, 0.15) is 19.8 Å². The Balaban J connectivity index is -0.0000140. The summed E-state index contributed by atoms with van der Waals surface area (Å²) in [5.74, 6) is -0.782. The van der Waals surface area contributed by atoms with Crippen LogP contribution in [0, 0.1) is 0 Å². The first-order chi connectivity index (χ1) is 26.0. The molecule has 55 heavy (non-hydrogen) atoms. The second-order valence-electron chi connectivity index (χ2n) is 16.8. The molecule has 0 rings (SSSR count). The van der Waals surface area contributed by atoms with Crippen LogP contribution < -0.4 is 29.6 Å². The van der Waals surface area contributed by atoms with Gasteiger partial charge in [0.25, 0.3) is 0 Å². The van der Waals surface area contributed by atoms with Crippen molar-refractivity contribution in [2.75, 3.05) is 47.5 Å². The number of likely N-dealkylation sites (N-methyl/N-ethyl adjacent to an activating group) is 1. The summed E-state index contributed by atoms with van der Waals surface area (Å²) < 4.78 is 34.3. The van der Waals surface area contributed by atoms with Gasteiger partial charge in [-0.1, -0.05) is 194 Å². The standard InChI is InChI=1S/C44H88NO8P.Na.H/c1-6-8-10-12-14-16-18-20-22-24-26-28-30-32-34-36-43(46)50-40-42(41-52-54(48,49)51-39-38-45(3,4)5)53-44(47)37-35-33-31-29-27-25-23-21-19-17-15-13-11-9-7-2;;/h42H,6-41H2,1-5H3;;/q;+1;-1/p+1. The molecule has 0 radical (unpaired) electrons. The number of hydrogen-bond donors (Lipinski definition) is 1. The van der Waals surface area contributed by atoms with E-state index in [2.05, 4.69) is 13.8 Å². The summed E-state index contributed by atoms with van der Waals surface area (Å²) in [4.78, 5) is 35.4. The van der Waals surface area contributed by atoms with Crippen molar-refractivity contribution < 1.29 is 73.0 Å². The minimum atomic E-state index is -4.37. The molecule has 324 valence electrons. The van der Waals surface area contributed by atoms with E-state index in [4.69, 9.17) is 18.5 Å². The number of rotatable bonds is 42. The SMILES string of the molecule is CCCCCCCCCCCCCCCCCC(=O)OCC(COP(=O)(O)OCC[N+](C)(C)C)OC(=O)CCCCCCCCCCCCCCCCC.[H-].[Na+]. The molecule has 0 aromatic heterocycles. The molecule has 2 atom stereocenters. The number of unbranched alkanes of at least 4 members (excludes halogenated alkanes) is 28. The summed E-state index contributed by atoms with van der Waals surface area (Å²) in [5.41, 5.74) is 0. The number of hydrogen-bond acceptors (Lipinski definition) is 7. The Morgan fingerprint density at radius 3 is 1.20 bits per heavy atom. The Morgan fingerprint density at radius 1 is 0.527 bits per heavy atom. The number of phosphoric acid groups is 1. The molecule has 0 amide bonds. The quantitative estimate of drug-likeness (QED) is 0.0213. The van der Waals surface area contributed by atoms with E-state index in [0.29, 0.717) is 17.4 Å². The predicted octanol–water partition coefficient (Wildman–Crippen LogP) is 9.92. The average Bonchev–Trinajstić information content (AvgIpc) is 3.12. The van der Waals surface area contributed by atoms with Crippen molar-refractivity contribution >= 4 is 19.8 Å². The number of carbonyl (C=O) groups excluding carboxylic acids is 2. The van der Waals surface area contributed by atoms with Gasteiger partial charge in [-0.05, 0) is 12.8 Å². The Hall–Kier alpha value is 0.0100. The van der Waals surface area contributed by atoms with E-state index in [1.807, 2.05) is 21.1 Å². The second kappa shape index (κ2) is 40.8. The molecule has 0 saturated heterocycles. The van der Waals surface area contributed by atoms with Gasteiger partial charge < -0.3 is 20.3 Å². The molecule has 9 nitrogen and oxygen atoms in total. The van der Waals surface area contributed by atoms with Gasteiger partial charge >= 0.3 is 49.3 Å². The predicted molar refractivity (Wildman–Crippen MR) is 226 cm³/mol. The largest absolute Gasteiger partial charge is 1.00 e. The summed E-state index contributed by atoms with van der Waals surface area (Å²) >= 11 is 0. The Bertz CT molecular complexity index is 911. The molecule has 0 saturated carbocycles. The fourth-order valence-electron chi connectivity index (χ4n) is 6.54. The van der Waals surface area contributed by atoms with Gasteiger partial charge in [-0.2, -0.15) is 0 Å². The third-order valence-electron chi connectivity index (χ3n) is 10.1. The summed E-state index contributed by atoms with van der Waals surface area (Å²) in [6.45, 7) is 4.46. The smallest absolute Gasteiger partial charge is 1.00 e. The van der Waals surface area contributed by atoms with Crippen molar-refractivity contribution in [3.63, 3.8) is 0 Å². The maximum atomic E-state index is 12.7. The third kappa shape index (κ3) is 45.0. The summed E-state index contributed by atoms with van der Waals surface area (Å²) in [7, 11) is 1.49. The molecular weight excluding hydrogens is 724 g/mol. The van der Waals surface area contributed by atoms with E-state index in [0.717, 1.165) is 38.5 Å². The average molecular weight is 815 g/mol. The van der Waals surface area contributed by atoms with Gasteiger partial charge in [0.2, 0.25) is 0 Å². The normalized spacial score (nSPS) is 13.3. The Labute approximate surface area is 363 Å². The third-order valence-corrected chi connectivity index (χ3v) is 11.1. The van der Waals surface area contributed by atoms with Crippen LogP contribution in [0.4, 0.5) is 0 Å². The molecule has 1 N–H and O–H groups in total. The maximum absolute atomic E-state index is 12.7. The van der Waals surface area contributed by atoms with E-state index in [1.165, 1.54) is 154 Å². The van der Waals surface area contributed by atoms with Crippen LogP contribution in [0.1, 0.15) is 221 Å². The van der Waals surface area contributed by atoms with Crippen molar-refractivity contribution in [2.45, 2.75) is 225 Å². The first kappa shape index (κ1) is 57.1. The van der Waals surface area contributed by atoms with Crippen molar-refractivity contribution in [3.05, 3.63) is 0 Å². The van der Waals surface area contributed by atoms with Crippen molar-refractivity contribution in [2.24, 2.45) is 0 Å². The minimum absolute atomic E-state index is 0. The fraction of sp³-hybridized carbons (Fsp3) is 0.955. The Morgan fingerprint density at radius 2 is 0.855 bits per heavy atom. The van der Waals surface area contributed by atoms with E-state index < -0.39 is 26.5 Å². The van der Waals surface area contributed by atoms with Gasteiger partial charge in [0.15, 0.2) is 6.10 Å². The number of phosphoric ester groups is 1. The summed E-state index contributed by atoms with van der Waals surface area (Å²) in [5, 5.41) is 0. The molecule has 0 fully saturated rings. The first-order valence-electron chi connectivity index (χ1n) is 22.8. The molecule has 0 aliphatic carbocycles. The van der Waals surface area contributed by atoms with Crippen LogP contribution in [0.2, 0.25) is 0 Å². The summed E-state index contributed by atoms with van der Waals surface area (Å²) in [6.07, 6.45) is 37.1. The van der Waals surface area contributed by atoms with Gasteiger partial charge in [-0.15, -0.1) is 0 Å².